The number of nitrogens with zero attached hydrogens (tertiary/aromatic N) is 3. The average molecular weight is 432 g/mol. The number of methoxy groups -OCH3 is 1. The highest BCUT2D eigenvalue weighted by Crippen LogP contribution is 2.32. The van der Waals surface area contributed by atoms with Gasteiger partial charge in [0.15, 0.2) is 0 Å². The summed E-state index contributed by atoms with van der Waals surface area (Å²) in [6.07, 6.45) is 2.06. The Morgan fingerprint density at radius 2 is 1.75 bits per heavy atom. The topological polar surface area (TPSA) is 54.8 Å². The number of carbonyl (C=O) groups is 2. The van der Waals surface area contributed by atoms with Crippen LogP contribution in [0.5, 0.6) is 0 Å². The van der Waals surface area contributed by atoms with Crippen molar-refractivity contribution in [3.05, 3.63) is 95.3 Å². The van der Waals surface area contributed by atoms with E-state index in [0.717, 1.165) is 23.4 Å². The van der Waals surface area contributed by atoms with Crippen LogP contribution in [0.1, 0.15) is 33.2 Å². The Hall–Kier alpha value is -3.38. The highest BCUT2D eigenvalue weighted by Gasteiger charge is 2.33. The van der Waals surface area contributed by atoms with Gasteiger partial charge in [-0.2, -0.15) is 0 Å². The second-order valence-electron chi connectivity index (χ2n) is 8.06. The van der Waals surface area contributed by atoms with E-state index in [0.29, 0.717) is 25.3 Å². The van der Waals surface area contributed by atoms with Gasteiger partial charge in [-0.15, -0.1) is 0 Å². The average Bonchev–Trinajstić information content (AvgIpc) is 3.30. The van der Waals surface area contributed by atoms with Crippen molar-refractivity contribution >= 4 is 11.8 Å². The van der Waals surface area contributed by atoms with E-state index < -0.39 is 0 Å². The van der Waals surface area contributed by atoms with Crippen molar-refractivity contribution in [1.29, 1.82) is 0 Å². The van der Waals surface area contributed by atoms with E-state index >= 15 is 0 Å². The second-order valence-corrected chi connectivity index (χ2v) is 8.06. The number of hydrogen-bond acceptors (Lipinski definition) is 3. The van der Waals surface area contributed by atoms with Crippen molar-refractivity contribution in [3.63, 3.8) is 0 Å². The Morgan fingerprint density at radius 3 is 2.50 bits per heavy atom. The summed E-state index contributed by atoms with van der Waals surface area (Å²) < 4.78 is 7.42. The molecule has 2 heterocycles. The SMILES string of the molecule is COCCN(CC(=O)N1CCn2cccc2C1c1ccccc1)C(=O)c1ccccc1C. The van der Waals surface area contributed by atoms with E-state index in [1.54, 1.807) is 12.0 Å². The molecule has 1 aromatic heterocycles. The minimum Gasteiger partial charge on any atom is -0.383 e. The van der Waals surface area contributed by atoms with Crippen LogP contribution >= 0.6 is 0 Å². The number of rotatable bonds is 7. The molecule has 1 atom stereocenters. The van der Waals surface area contributed by atoms with Gasteiger partial charge in [0.2, 0.25) is 5.91 Å². The van der Waals surface area contributed by atoms with Crippen LogP contribution < -0.4 is 0 Å². The van der Waals surface area contributed by atoms with Gasteiger partial charge in [0.05, 0.1) is 12.6 Å². The molecule has 1 aliphatic heterocycles. The quantitative estimate of drug-likeness (QED) is 0.575. The highest BCUT2D eigenvalue weighted by atomic mass is 16.5. The molecule has 4 rings (SSSR count). The third kappa shape index (κ3) is 4.46. The first-order valence-electron chi connectivity index (χ1n) is 10.9. The Balaban J connectivity index is 1.61. The number of aryl methyl sites for hydroxylation is 1. The predicted octanol–water partition coefficient (Wildman–Crippen LogP) is 3.52. The van der Waals surface area contributed by atoms with Crippen molar-refractivity contribution in [2.24, 2.45) is 0 Å². The Kier molecular flexibility index (Phi) is 6.71. The van der Waals surface area contributed by atoms with Crippen LogP contribution in [0.15, 0.2) is 72.9 Å². The van der Waals surface area contributed by atoms with E-state index in [2.05, 4.69) is 29.0 Å². The molecule has 0 saturated heterocycles. The van der Waals surface area contributed by atoms with Crippen LogP contribution in [0.3, 0.4) is 0 Å². The molecular weight excluding hydrogens is 402 g/mol. The van der Waals surface area contributed by atoms with Gasteiger partial charge < -0.3 is 19.1 Å². The first-order chi connectivity index (χ1) is 15.6. The van der Waals surface area contributed by atoms with Gasteiger partial charge in [-0.3, -0.25) is 9.59 Å². The van der Waals surface area contributed by atoms with Gasteiger partial charge in [-0.25, -0.2) is 0 Å². The molecule has 0 fully saturated rings. The number of amides is 2. The van der Waals surface area contributed by atoms with Crippen LogP contribution in [0.4, 0.5) is 0 Å². The van der Waals surface area contributed by atoms with Crippen molar-refractivity contribution in [3.8, 4) is 0 Å². The second kappa shape index (κ2) is 9.83. The molecule has 0 spiro atoms. The van der Waals surface area contributed by atoms with Crippen LogP contribution in [-0.4, -0.2) is 59.5 Å². The molecule has 0 N–H and O–H groups in total. The normalized spacial score (nSPS) is 15.3. The molecule has 2 aromatic carbocycles. The van der Waals surface area contributed by atoms with Crippen LogP contribution in [-0.2, 0) is 16.1 Å². The van der Waals surface area contributed by atoms with Gasteiger partial charge in [-0.05, 0) is 36.2 Å². The fourth-order valence-electron chi connectivity index (χ4n) is 4.33. The van der Waals surface area contributed by atoms with Crippen molar-refractivity contribution in [2.45, 2.75) is 19.5 Å². The molecule has 2 amide bonds. The van der Waals surface area contributed by atoms with E-state index in [-0.39, 0.29) is 24.4 Å². The first kappa shape index (κ1) is 21.8. The Bertz CT molecular complexity index is 1080. The number of aromatic nitrogens is 1. The summed E-state index contributed by atoms with van der Waals surface area (Å²) >= 11 is 0. The lowest BCUT2D eigenvalue weighted by atomic mass is 10.00. The molecule has 1 unspecified atom stereocenters. The molecule has 0 radical (unpaired) electrons. The van der Waals surface area contributed by atoms with Gasteiger partial charge in [0.1, 0.15) is 6.54 Å². The van der Waals surface area contributed by atoms with Gasteiger partial charge in [-0.1, -0.05) is 48.5 Å². The summed E-state index contributed by atoms with van der Waals surface area (Å²) in [4.78, 5) is 30.4. The number of fused-ring (bicyclic) bond motifs is 1. The maximum Gasteiger partial charge on any atom is 0.254 e. The van der Waals surface area contributed by atoms with Crippen molar-refractivity contribution in [1.82, 2.24) is 14.4 Å². The predicted molar refractivity (Wildman–Crippen MR) is 123 cm³/mol. The van der Waals surface area contributed by atoms with Crippen molar-refractivity contribution in [2.75, 3.05) is 33.4 Å². The number of carbonyl (C=O) groups excluding carboxylic acids is 2. The van der Waals surface area contributed by atoms with E-state index in [9.17, 15) is 9.59 Å². The molecule has 0 aliphatic carbocycles. The molecular formula is C26H29N3O3. The molecule has 3 aromatic rings. The fraction of sp³-hybridized carbons (Fsp3) is 0.308. The number of ether oxygens (including phenoxy) is 1. The lowest BCUT2D eigenvalue weighted by Crippen LogP contribution is -2.48. The zero-order valence-corrected chi connectivity index (χ0v) is 18.6. The minimum atomic E-state index is -0.176. The zero-order chi connectivity index (χ0) is 22.5. The standard InChI is InChI=1S/C26H29N3O3/c1-20-9-6-7-12-22(20)26(31)28(17-18-32-2)19-24(30)29-16-15-27-14-8-13-23(27)25(29)21-10-4-3-5-11-21/h3-14,25H,15-19H2,1-2H3. The lowest BCUT2D eigenvalue weighted by Gasteiger charge is -2.38. The zero-order valence-electron chi connectivity index (χ0n) is 18.6. The Labute approximate surface area is 189 Å². The molecule has 6 nitrogen and oxygen atoms in total. The summed E-state index contributed by atoms with van der Waals surface area (Å²) in [6, 6.07) is 21.4. The molecule has 6 heteroatoms. The molecule has 32 heavy (non-hydrogen) atoms. The van der Waals surface area contributed by atoms with Gasteiger partial charge in [0, 0.05) is 44.2 Å². The van der Waals surface area contributed by atoms with Crippen LogP contribution in [0, 0.1) is 6.92 Å². The summed E-state index contributed by atoms with van der Waals surface area (Å²) in [5.41, 5.74) is 3.66. The maximum atomic E-state index is 13.6. The smallest absolute Gasteiger partial charge is 0.254 e. The summed E-state index contributed by atoms with van der Waals surface area (Å²) in [7, 11) is 1.60. The molecule has 1 aliphatic rings. The largest absolute Gasteiger partial charge is 0.383 e. The third-order valence-corrected chi connectivity index (χ3v) is 6.03. The molecule has 0 bridgehead atoms. The van der Waals surface area contributed by atoms with Gasteiger partial charge >= 0.3 is 0 Å². The van der Waals surface area contributed by atoms with E-state index in [4.69, 9.17) is 4.74 Å². The third-order valence-electron chi connectivity index (χ3n) is 6.03. The van der Waals surface area contributed by atoms with Crippen LogP contribution in [0.25, 0.3) is 0 Å². The van der Waals surface area contributed by atoms with Gasteiger partial charge in [0.25, 0.3) is 5.91 Å². The minimum absolute atomic E-state index is 0.0145. The van der Waals surface area contributed by atoms with Crippen molar-refractivity contribution < 1.29 is 14.3 Å². The Morgan fingerprint density at radius 1 is 1.00 bits per heavy atom. The maximum absolute atomic E-state index is 13.6. The van der Waals surface area contributed by atoms with Crippen LogP contribution in [0.2, 0.25) is 0 Å². The number of benzene rings is 2. The highest BCUT2D eigenvalue weighted by molar-refractivity contribution is 5.97. The molecule has 166 valence electrons. The fourth-order valence-corrected chi connectivity index (χ4v) is 4.33. The summed E-state index contributed by atoms with van der Waals surface area (Å²) in [5.74, 6) is -0.213. The summed E-state index contributed by atoms with van der Waals surface area (Å²) in [5, 5.41) is 0. The molecule has 0 saturated carbocycles. The lowest BCUT2D eigenvalue weighted by molar-refractivity contribution is -0.134. The van der Waals surface area contributed by atoms with E-state index in [1.807, 2.05) is 60.4 Å². The number of hydrogen-bond donors (Lipinski definition) is 0. The monoisotopic (exact) mass is 431 g/mol. The first-order valence-corrected chi connectivity index (χ1v) is 10.9. The summed E-state index contributed by atoms with van der Waals surface area (Å²) in [6.45, 7) is 3.98. The van der Waals surface area contributed by atoms with E-state index in [1.165, 1.54) is 0 Å².